The lowest BCUT2D eigenvalue weighted by Gasteiger charge is -2.08. The Kier molecular flexibility index (Phi) is 2.80. The standard InChI is InChI=1S/C12H12ClFN4/c13-9-4-1-7(5-10(9)14)12-17-16-11(6-15)18(12)8-2-3-8/h1,4-5,8H,2-3,6,15H2. The summed E-state index contributed by atoms with van der Waals surface area (Å²) in [7, 11) is 0. The van der Waals surface area contributed by atoms with Crippen molar-refractivity contribution in [1.82, 2.24) is 14.8 Å². The zero-order chi connectivity index (χ0) is 12.7. The van der Waals surface area contributed by atoms with Gasteiger partial charge in [0.25, 0.3) is 0 Å². The lowest BCUT2D eigenvalue weighted by molar-refractivity contribution is 0.628. The summed E-state index contributed by atoms with van der Waals surface area (Å²) < 4.78 is 15.5. The first kappa shape index (κ1) is 11.6. The van der Waals surface area contributed by atoms with Crippen molar-refractivity contribution in [2.45, 2.75) is 25.4 Å². The van der Waals surface area contributed by atoms with Crippen LogP contribution in [0.2, 0.25) is 5.02 Å². The van der Waals surface area contributed by atoms with Gasteiger partial charge in [-0.05, 0) is 31.0 Å². The van der Waals surface area contributed by atoms with E-state index in [0.29, 0.717) is 24.0 Å². The molecule has 0 aliphatic heterocycles. The van der Waals surface area contributed by atoms with Gasteiger partial charge in [0.15, 0.2) is 5.82 Å². The first-order valence-electron chi connectivity index (χ1n) is 5.80. The van der Waals surface area contributed by atoms with E-state index in [2.05, 4.69) is 10.2 Å². The quantitative estimate of drug-likeness (QED) is 0.929. The Morgan fingerprint density at radius 2 is 2.17 bits per heavy atom. The summed E-state index contributed by atoms with van der Waals surface area (Å²) >= 11 is 5.68. The molecule has 0 saturated heterocycles. The minimum atomic E-state index is -0.450. The van der Waals surface area contributed by atoms with Gasteiger partial charge in [-0.15, -0.1) is 10.2 Å². The van der Waals surface area contributed by atoms with E-state index < -0.39 is 5.82 Å². The number of aromatic nitrogens is 3. The van der Waals surface area contributed by atoms with E-state index in [1.165, 1.54) is 12.1 Å². The molecule has 1 aliphatic carbocycles. The second-order valence-electron chi connectivity index (χ2n) is 4.37. The van der Waals surface area contributed by atoms with Crippen LogP contribution in [0, 0.1) is 5.82 Å². The van der Waals surface area contributed by atoms with Crippen LogP contribution in [0.5, 0.6) is 0 Å². The average molecular weight is 267 g/mol. The molecule has 6 heteroatoms. The summed E-state index contributed by atoms with van der Waals surface area (Å²) in [6, 6.07) is 5.05. The van der Waals surface area contributed by atoms with Crippen molar-refractivity contribution in [3.8, 4) is 11.4 Å². The van der Waals surface area contributed by atoms with Gasteiger partial charge in [-0.2, -0.15) is 0 Å². The summed E-state index contributed by atoms with van der Waals surface area (Å²) in [5.41, 5.74) is 6.32. The normalized spacial score (nSPS) is 15.1. The lowest BCUT2D eigenvalue weighted by Crippen LogP contribution is -2.08. The van der Waals surface area contributed by atoms with Crippen molar-refractivity contribution >= 4 is 11.6 Å². The number of benzene rings is 1. The molecule has 0 unspecified atom stereocenters. The highest BCUT2D eigenvalue weighted by Crippen LogP contribution is 2.39. The summed E-state index contributed by atoms with van der Waals surface area (Å²) in [5, 5.41) is 8.28. The molecule has 94 valence electrons. The Morgan fingerprint density at radius 3 is 2.78 bits per heavy atom. The molecular weight excluding hydrogens is 255 g/mol. The van der Waals surface area contributed by atoms with Crippen LogP contribution in [0.1, 0.15) is 24.7 Å². The molecule has 2 N–H and O–H groups in total. The van der Waals surface area contributed by atoms with Crippen LogP contribution < -0.4 is 5.73 Å². The monoisotopic (exact) mass is 266 g/mol. The van der Waals surface area contributed by atoms with Crippen molar-refractivity contribution in [2.24, 2.45) is 5.73 Å². The fraction of sp³-hybridized carbons (Fsp3) is 0.333. The molecule has 1 aromatic carbocycles. The number of halogens is 2. The zero-order valence-electron chi connectivity index (χ0n) is 9.61. The molecule has 1 heterocycles. The summed E-state index contributed by atoms with van der Waals surface area (Å²) in [6.07, 6.45) is 2.18. The maximum Gasteiger partial charge on any atom is 0.164 e. The van der Waals surface area contributed by atoms with Crippen LogP contribution in [0.3, 0.4) is 0 Å². The predicted octanol–water partition coefficient (Wildman–Crippen LogP) is 2.53. The molecular formula is C12H12ClFN4. The van der Waals surface area contributed by atoms with Crippen LogP contribution in [-0.4, -0.2) is 14.8 Å². The smallest absolute Gasteiger partial charge is 0.164 e. The number of rotatable bonds is 3. The molecule has 1 saturated carbocycles. The summed E-state index contributed by atoms with van der Waals surface area (Å²) in [4.78, 5) is 0. The minimum absolute atomic E-state index is 0.107. The van der Waals surface area contributed by atoms with E-state index >= 15 is 0 Å². The van der Waals surface area contributed by atoms with Crippen molar-refractivity contribution in [3.05, 3.63) is 34.9 Å². The van der Waals surface area contributed by atoms with Gasteiger partial charge < -0.3 is 10.3 Å². The topological polar surface area (TPSA) is 56.7 Å². The molecule has 0 atom stereocenters. The highest BCUT2D eigenvalue weighted by atomic mass is 35.5. The lowest BCUT2D eigenvalue weighted by atomic mass is 10.2. The molecule has 0 spiro atoms. The van der Waals surface area contributed by atoms with Gasteiger partial charge in [0.05, 0.1) is 11.6 Å². The molecule has 1 aromatic heterocycles. The van der Waals surface area contributed by atoms with Gasteiger partial charge in [0, 0.05) is 11.6 Å². The third-order valence-electron chi connectivity index (χ3n) is 3.04. The largest absolute Gasteiger partial charge is 0.324 e. The van der Waals surface area contributed by atoms with Crippen LogP contribution in [0.25, 0.3) is 11.4 Å². The molecule has 1 fully saturated rings. The molecule has 4 nitrogen and oxygen atoms in total. The van der Waals surface area contributed by atoms with Gasteiger partial charge in [0.1, 0.15) is 11.6 Å². The van der Waals surface area contributed by atoms with Crippen LogP contribution >= 0.6 is 11.6 Å². The van der Waals surface area contributed by atoms with Gasteiger partial charge in [-0.1, -0.05) is 11.6 Å². The number of nitrogens with zero attached hydrogens (tertiary/aromatic N) is 3. The summed E-state index contributed by atoms with van der Waals surface area (Å²) in [5.74, 6) is 0.949. The minimum Gasteiger partial charge on any atom is -0.324 e. The number of nitrogens with two attached hydrogens (primary N) is 1. The van der Waals surface area contributed by atoms with Crippen LogP contribution in [0.15, 0.2) is 18.2 Å². The van der Waals surface area contributed by atoms with Gasteiger partial charge in [-0.25, -0.2) is 4.39 Å². The van der Waals surface area contributed by atoms with E-state index in [1.807, 2.05) is 4.57 Å². The van der Waals surface area contributed by atoms with Crippen LogP contribution in [0.4, 0.5) is 4.39 Å². The average Bonchev–Trinajstić information content (AvgIpc) is 3.12. The fourth-order valence-electron chi connectivity index (χ4n) is 2.01. The van der Waals surface area contributed by atoms with Crippen molar-refractivity contribution in [3.63, 3.8) is 0 Å². The first-order valence-corrected chi connectivity index (χ1v) is 6.17. The van der Waals surface area contributed by atoms with E-state index in [4.69, 9.17) is 17.3 Å². The van der Waals surface area contributed by atoms with Gasteiger partial charge in [0.2, 0.25) is 0 Å². The number of hydrogen-bond donors (Lipinski definition) is 1. The molecule has 2 aromatic rings. The molecule has 0 amide bonds. The molecule has 3 rings (SSSR count). The Morgan fingerprint density at radius 1 is 1.39 bits per heavy atom. The highest BCUT2D eigenvalue weighted by Gasteiger charge is 2.29. The first-order chi connectivity index (χ1) is 8.70. The molecule has 18 heavy (non-hydrogen) atoms. The van der Waals surface area contributed by atoms with Gasteiger partial charge >= 0.3 is 0 Å². The second-order valence-corrected chi connectivity index (χ2v) is 4.78. The Balaban J connectivity index is 2.10. The van der Waals surface area contributed by atoms with Crippen LogP contribution in [-0.2, 0) is 6.54 Å². The van der Waals surface area contributed by atoms with E-state index in [-0.39, 0.29) is 5.02 Å². The predicted molar refractivity (Wildman–Crippen MR) is 66.6 cm³/mol. The molecule has 0 radical (unpaired) electrons. The van der Waals surface area contributed by atoms with E-state index in [0.717, 1.165) is 18.7 Å². The molecule has 1 aliphatic rings. The molecule has 0 bridgehead atoms. The van der Waals surface area contributed by atoms with Gasteiger partial charge in [-0.3, -0.25) is 0 Å². The SMILES string of the molecule is NCc1nnc(-c2ccc(Cl)c(F)c2)n1C1CC1. The maximum absolute atomic E-state index is 13.5. The van der Waals surface area contributed by atoms with E-state index in [1.54, 1.807) is 6.07 Å². The third kappa shape index (κ3) is 1.89. The van der Waals surface area contributed by atoms with Crippen molar-refractivity contribution < 1.29 is 4.39 Å². The zero-order valence-corrected chi connectivity index (χ0v) is 10.4. The summed E-state index contributed by atoms with van der Waals surface area (Å²) in [6.45, 7) is 0.333. The highest BCUT2D eigenvalue weighted by molar-refractivity contribution is 6.30. The fourth-order valence-corrected chi connectivity index (χ4v) is 2.13. The number of hydrogen-bond acceptors (Lipinski definition) is 3. The second kappa shape index (κ2) is 4.33. The maximum atomic E-state index is 13.5. The van der Waals surface area contributed by atoms with Crippen molar-refractivity contribution in [2.75, 3.05) is 0 Å². The van der Waals surface area contributed by atoms with E-state index in [9.17, 15) is 4.39 Å². The Bertz CT molecular complexity index is 592. The Hall–Kier alpha value is -1.46. The Labute approximate surface area is 109 Å². The van der Waals surface area contributed by atoms with Crippen molar-refractivity contribution in [1.29, 1.82) is 0 Å². The third-order valence-corrected chi connectivity index (χ3v) is 3.35.